The molecule has 0 bridgehead atoms. The Morgan fingerprint density at radius 1 is 0.625 bits per heavy atom. The minimum atomic E-state index is -1.18. The molecule has 2 amide bonds. The molecule has 2 aromatic heterocycles. The van der Waals surface area contributed by atoms with Crippen LogP contribution < -0.4 is 10.6 Å². The molecule has 0 unspecified atom stereocenters. The average Bonchev–Trinajstić information content (AvgIpc) is 3.10. The summed E-state index contributed by atoms with van der Waals surface area (Å²) in [5, 5.41) is 37.2. The third kappa shape index (κ3) is 7.14. The molecular weight excluding hydrogens is 744 g/mol. The van der Waals surface area contributed by atoms with Gasteiger partial charge in [0, 0.05) is 28.1 Å². The number of hydrogen-bond donors (Lipinski definition) is 5. The summed E-state index contributed by atoms with van der Waals surface area (Å²) >= 11 is 6.77. The van der Waals surface area contributed by atoms with Gasteiger partial charge in [-0.15, -0.1) is 0 Å². The predicted octanol–water partition coefficient (Wildman–Crippen LogP) is 7.30. The van der Waals surface area contributed by atoms with Crippen molar-refractivity contribution in [2.24, 2.45) is 0 Å². The van der Waals surface area contributed by atoms with Crippen molar-refractivity contribution >= 4 is 71.2 Å². The molecule has 242 valence electrons. The van der Waals surface area contributed by atoms with Crippen LogP contribution in [-0.4, -0.2) is 56.2 Å². The monoisotopic (exact) mass is 770 g/mol. The van der Waals surface area contributed by atoms with E-state index in [1.807, 2.05) is 91.9 Å². The van der Waals surface area contributed by atoms with Crippen LogP contribution >= 0.6 is 31.9 Å². The topological polar surface area (TPSA) is 162 Å². The first-order valence-corrected chi connectivity index (χ1v) is 16.2. The van der Waals surface area contributed by atoms with Gasteiger partial charge in [0.15, 0.2) is 22.9 Å². The molecule has 6 aromatic rings. The Hall–Kier alpha value is -5.33. The Labute approximate surface area is 291 Å². The number of carbonyl (C=O) groups is 3. The van der Waals surface area contributed by atoms with E-state index in [9.17, 15) is 24.6 Å². The number of carboxylic acids is 1. The van der Waals surface area contributed by atoms with Crippen LogP contribution in [0.1, 0.15) is 27.9 Å². The summed E-state index contributed by atoms with van der Waals surface area (Å²) in [6, 6.07) is 30.3. The maximum absolute atomic E-state index is 12.2. The molecule has 6 rings (SSSR count). The van der Waals surface area contributed by atoms with E-state index in [-0.39, 0.29) is 22.9 Å². The van der Waals surface area contributed by atoms with E-state index in [0.717, 1.165) is 27.6 Å². The molecule has 0 spiro atoms. The second-order valence-electron chi connectivity index (χ2n) is 10.3. The zero-order chi connectivity index (χ0) is 34.4. The number of aromatic hydroxyl groups is 2. The normalized spacial score (nSPS) is 10.6. The molecule has 0 radical (unpaired) electrons. The van der Waals surface area contributed by atoms with Crippen LogP contribution in [0.25, 0.3) is 43.8 Å². The minimum Gasteiger partial charge on any atom is -0.505 e. The number of amides is 2. The summed E-state index contributed by atoms with van der Waals surface area (Å²) in [4.78, 5) is 43.2. The fourth-order valence-electron chi connectivity index (χ4n) is 5.13. The molecule has 12 heteroatoms. The van der Waals surface area contributed by atoms with Gasteiger partial charge in [0.1, 0.15) is 15.8 Å². The minimum absolute atomic E-state index is 0.0245. The molecule has 2 heterocycles. The number of halogens is 2. The van der Waals surface area contributed by atoms with Gasteiger partial charge in [-0.3, -0.25) is 14.4 Å². The van der Waals surface area contributed by atoms with Crippen LogP contribution in [0, 0.1) is 0 Å². The van der Waals surface area contributed by atoms with Crippen LogP contribution in [0.4, 0.5) is 0 Å². The summed E-state index contributed by atoms with van der Waals surface area (Å²) in [6.45, 7) is 1.73. The smallest absolute Gasteiger partial charge is 0.322 e. The lowest BCUT2D eigenvalue weighted by molar-refractivity contribution is -0.135. The van der Waals surface area contributed by atoms with E-state index in [1.165, 1.54) is 0 Å². The molecule has 5 N–H and O–H groups in total. The molecule has 48 heavy (non-hydrogen) atoms. The van der Waals surface area contributed by atoms with Crippen molar-refractivity contribution in [3.8, 4) is 33.8 Å². The van der Waals surface area contributed by atoms with Gasteiger partial charge in [0.2, 0.25) is 0 Å². The first-order valence-electron chi connectivity index (χ1n) is 14.6. The maximum Gasteiger partial charge on any atom is 0.322 e. The number of carbonyl (C=O) groups excluding carboxylic acids is 2. The number of rotatable bonds is 7. The van der Waals surface area contributed by atoms with Crippen LogP contribution in [0.3, 0.4) is 0 Å². The second-order valence-corrected chi connectivity index (χ2v) is 11.8. The fraction of sp³-hybridized carbons (Fsp3) is 0.0833. The van der Waals surface area contributed by atoms with E-state index in [4.69, 9.17) is 5.11 Å². The van der Waals surface area contributed by atoms with Crippen molar-refractivity contribution in [1.82, 2.24) is 20.6 Å². The summed E-state index contributed by atoms with van der Waals surface area (Å²) < 4.78 is 0.921. The lowest BCUT2D eigenvalue weighted by Gasteiger charge is -2.13. The summed E-state index contributed by atoms with van der Waals surface area (Å²) in [7, 11) is 0. The molecule has 4 aromatic carbocycles. The highest BCUT2D eigenvalue weighted by molar-refractivity contribution is 9.10. The number of pyridine rings is 2. The number of aliphatic carboxylic acids is 1. The number of benzene rings is 4. The van der Waals surface area contributed by atoms with E-state index < -0.39 is 24.3 Å². The molecular formula is C36H28Br2N4O6. The van der Waals surface area contributed by atoms with Gasteiger partial charge in [-0.2, -0.15) is 0 Å². The highest BCUT2D eigenvalue weighted by atomic mass is 79.9. The molecule has 0 atom stereocenters. The number of nitrogens with zero attached hydrogens (tertiary/aromatic N) is 2. The third-order valence-corrected chi connectivity index (χ3v) is 8.43. The second kappa shape index (κ2) is 15.1. The molecule has 10 nitrogen and oxygen atoms in total. The first kappa shape index (κ1) is 34.0. The van der Waals surface area contributed by atoms with Gasteiger partial charge >= 0.3 is 5.97 Å². The number of hydrogen-bond acceptors (Lipinski definition) is 7. The van der Waals surface area contributed by atoms with Crippen molar-refractivity contribution < 1.29 is 29.7 Å². The first-order chi connectivity index (χ1) is 23.1. The lowest BCUT2D eigenvalue weighted by atomic mass is 9.98. The van der Waals surface area contributed by atoms with Crippen molar-refractivity contribution in [3.05, 3.63) is 118 Å². The highest BCUT2D eigenvalue weighted by Crippen LogP contribution is 2.40. The number of carboxylic acid groups (broad SMARTS) is 1. The zero-order valence-electron chi connectivity index (χ0n) is 25.4. The molecule has 0 saturated heterocycles. The van der Waals surface area contributed by atoms with Crippen LogP contribution in [0.5, 0.6) is 11.5 Å². The Morgan fingerprint density at radius 2 is 1.12 bits per heavy atom. The third-order valence-electron chi connectivity index (χ3n) is 7.26. The zero-order valence-corrected chi connectivity index (χ0v) is 28.5. The fourth-order valence-corrected chi connectivity index (χ4v) is 6.24. The van der Waals surface area contributed by atoms with E-state index in [0.29, 0.717) is 31.9 Å². The number of fused-ring (bicyclic) bond motifs is 2. The SMILES string of the molecule is CCNC(=O)c1nc(Br)c2c(-c3ccccc3)cccc2c1O.O=C(O)CNC(=O)c1nc(Br)c2cccc(-c3ccccc3)c2c1O. The van der Waals surface area contributed by atoms with Gasteiger partial charge in [0.25, 0.3) is 11.8 Å². The Balaban J connectivity index is 0.000000188. The molecule has 0 aliphatic heterocycles. The van der Waals surface area contributed by atoms with Gasteiger partial charge in [-0.1, -0.05) is 97.1 Å². The standard InChI is InChI=1S/C18H13BrN2O4.C18H15BrN2O2/c19-17-12-8-4-7-11(10-5-2-1-3-6-10)14(12)16(24)15(21-17)18(25)20-9-13(22)23;1-2-20-18(23)15-16(22)13-10-6-9-12(14(13)17(19)21-15)11-7-4-3-5-8-11/h1-8,24H,9H2,(H,20,25)(H,22,23);3-10,22H,2H2,1H3,(H,20,23). The number of aromatic nitrogens is 2. The summed E-state index contributed by atoms with van der Waals surface area (Å²) in [5.74, 6) is -2.73. The van der Waals surface area contributed by atoms with Crippen molar-refractivity contribution in [1.29, 1.82) is 0 Å². The van der Waals surface area contributed by atoms with E-state index >= 15 is 0 Å². The van der Waals surface area contributed by atoms with Gasteiger partial charge in [-0.05, 0) is 61.0 Å². The average molecular weight is 772 g/mol. The molecule has 0 aliphatic carbocycles. The van der Waals surface area contributed by atoms with Crippen LogP contribution in [0.2, 0.25) is 0 Å². The molecule has 0 fully saturated rings. The van der Waals surface area contributed by atoms with Crippen molar-refractivity contribution in [3.63, 3.8) is 0 Å². The maximum atomic E-state index is 12.2. The molecule has 0 saturated carbocycles. The van der Waals surface area contributed by atoms with Crippen LogP contribution in [-0.2, 0) is 4.79 Å². The number of nitrogens with one attached hydrogen (secondary N) is 2. The highest BCUT2D eigenvalue weighted by Gasteiger charge is 2.22. The van der Waals surface area contributed by atoms with Crippen LogP contribution in [0.15, 0.2) is 106 Å². The van der Waals surface area contributed by atoms with Gasteiger partial charge in [0.05, 0.1) is 0 Å². The van der Waals surface area contributed by atoms with E-state index in [1.54, 1.807) is 12.1 Å². The molecule has 0 aliphatic rings. The van der Waals surface area contributed by atoms with E-state index in [2.05, 4.69) is 52.5 Å². The van der Waals surface area contributed by atoms with Crippen molar-refractivity contribution in [2.45, 2.75) is 6.92 Å². The Bertz CT molecular complexity index is 2160. The largest absolute Gasteiger partial charge is 0.505 e. The quantitative estimate of drug-likeness (QED) is 0.106. The summed E-state index contributed by atoms with van der Waals surface area (Å²) in [6.07, 6.45) is 0. The summed E-state index contributed by atoms with van der Waals surface area (Å²) in [5.41, 5.74) is 3.37. The Kier molecular flexibility index (Phi) is 10.7. The lowest BCUT2D eigenvalue weighted by Crippen LogP contribution is -2.30. The van der Waals surface area contributed by atoms with Gasteiger partial charge < -0.3 is 26.0 Å². The van der Waals surface area contributed by atoms with Gasteiger partial charge in [-0.25, -0.2) is 9.97 Å². The van der Waals surface area contributed by atoms with Crippen molar-refractivity contribution in [2.75, 3.05) is 13.1 Å². The Morgan fingerprint density at radius 3 is 1.69 bits per heavy atom. The predicted molar refractivity (Wildman–Crippen MR) is 191 cm³/mol.